The Labute approximate surface area is 207 Å². The van der Waals surface area contributed by atoms with Crippen LogP contribution < -0.4 is 15.4 Å². The van der Waals surface area contributed by atoms with Crippen LogP contribution in [-0.2, 0) is 9.47 Å². The lowest BCUT2D eigenvalue weighted by molar-refractivity contribution is 0.0129. The standard InChI is InChI=1S/C24H40N6O5/c1-8-33-21(31)19-18(25)20(27-22(26-19)34-14-17-10-9-11-28(17)7)29-12-16(3)30(13-15(29)2)23(32)35-24(4,5)6/h15-17H,8-14,25H2,1-7H3/t15-,16-,17?/m0/s1. The van der Waals surface area contributed by atoms with Crippen molar-refractivity contribution in [3.8, 4) is 6.01 Å². The molecule has 2 aliphatic heterocycles. The van der Waals surface area contributed by atoms with Crippen LogP contribution in [0.3, 0.4) is 0 Å². The molecule has 3 heterocycles. The van der Waals surface area contributed by atoms with Crippen LogP contribution in [0.5, 0.6) is 6.01 Å². The van der Waals surface area contributed by atoms with Crippen LogP contribution in [0.4, 0.5) is 16.3 Å². The maximum atomic E-state index is 12.7. The number of likely N-dealkylation sites (N-methyl/N-ethyl adjacent to an activating group) is 1. The summed E-state index contributed by atoms with van der Waals surface area (Å²) in [7, 11) is 2.06. The summed E-state index contributed by atoms with van der Waals surface area (Å²) in [6.45, 7) is 13.7. The van der Waals surface area contributed by atoms with E-state index < -0.39 is 11.6 Å². The van der Waals surface area contributed by atoms with Crippen LogP contribution >= 0.6 is 0 Å². The number of nitrogen functional groups attached to an aromatic ring is 1. The van der Waals surface area contributed by atoms with Crippen molar-refractivity contribution in [2.45, 2.75) is 78.1 Å². The number of aromatic nitrogens is 2. The maximum absolute atomic E-state index is 12.7. The third-order valence-electron chi connectivity index (χ3n) is 6.34. The second-order valence-electron chi connectivity index (χ2n) is 10.4. The highest BCUT2D eigenvalue weighted by Crippen LogP contribution is 2.31. The molecule has 1 aromatic heterocycles. The molecule has 2 aliphatic rings. The number of esters is 1. The number of amides is 1. The summed E-state index contributed by atoms with van der Waals surface area (Å²) in [6, 6.07) is 0.0479. The van der Waals surface area contributed by atoms with E-state index >= 15 is 0 Å². The molecule has 1 amide bonds. The van der Waals surface area contributed by atoms with Gasteiger partial charge in [0.2, 0.25) is 0 Å². The van der Waals surface area contributed by atoms with E-state index in [-0.39, 0.29) is 48.2 Å². The van der Waals surface area contributed by atoms with Crippen molar-refractivity contribution in [2.75, 3.05) is 50.5 Å². The van der Waals surface area contributed by atoms with Crippen molar-refractivity contribution in [2.24, 2.45) is 0 Å². The fourth-order valence-electron chi connectivity index (χ4n) is 4.43. The SMILES string of the molecule is CCOC(=O)c1nc(OCC2CCCN2C)nc(N2C[C@H](C)N(C(=O)OC(C)(C)C)C[C@@H]2C)c1N. The van der Waals surface area contributed by atoms with Crippen LogP contribution in [0, 0.1) is 0 Å². The number of ether oxygens (including phenoxy) is 3. The first-order valence-corrected chi connectivity index (χ1v) is 12.3. The van der Waals surface area contributed by atoms with Gasteiger partial charge in [0.1, 0.15) is 17.9 Å². The number of carbonyl (C=O) groups is 2. The molecule has 0 spiro atoms. The van der Waals surface area contributed by atoms with E-state index in [1.807, 2.05) is 39.5 Å². The molecule has 2 saturated heterocycles. The summed E-state index contributed by atoms with van der Waals surface area (Å²) in [6.07, 6.45) is 1.79. The van der Waals surface area contributed by atoms with Gasteiger partial charge in [-0.3, -0.25) is 0 Å². The molecule has 0 saturated carbocycles. The Bertz CT molecular complexity index is 920. The third kappa shape index (κ3) is 6.45. The molecular formula is C24H40N6O5. The Morgan fingerprint density at radius 1 is 1.14 bits per heavy atom. The second-order valence-corrected chi connectivity index (χ2v) is 10.4. The minimum atomic E-state index is -0.621. The van der Waals surface area contributed by atoms with E-state index in [1.54, 1.807) is 11.8 Å². The van der Waals surface area contributed by atoms with E-state index in [0.29, 0.717) is 25.5 Å². The molecule has 3 atom stereocenters. The fourth-order valence-corrected chi connectivity index (χ4v) is 4.43. The summed E-state index contributed by atoms with van der Waals surface area (Å²) in [4.78, 5) is 40.2. The van der Waals surface area contributed by atoms with Crippen molar-refractivity contribution < 1.29 is 23.8 Å². The minimum absolute atomic E-state index is 0.0129. The number of carbonyl (C=O) groups excluding carboxylic acids is 2. The predicted octanol–water partition coefficient (Wildman–Crippen LogP) is 2.54. The first-order valence-electron chi connectivity index (χ1n) is 12.3. The zero-order valence-corrected chi connectivity index (χ0v) is 22.0. The number of anilines is 2. The zero-order chi connectivity index (χ0) is 25.9. The first kappa shape index (κ1) is 26.8. The summed E-state index contributed by atoms with van der Waals surface area (Å²) >= 11 is 0. The topological polar surface area (TPSA) is 123 Å². The van der Waals surface area contributed by atoms with Gasteiger partial charge in [-0.2, -0.15) is 9.97 Å². The highest BCUT2D eigenvalue weighted by molar-refractivity contribution is 5.96. The van der Waals surface area contributed by atoms with E-state index in [2.05, 4.69) is 21.9 Å². The first-order chi connectivity index (χ1) is 16.4. The zero-order valence-electron chi connectivity index (χ0n) is 22.0. The molecule has 3 rings (SSSR count). The highest BCUT2D eigenvalue weighted by atomic mass is 16.6. The Balaban J connectivity index is 1.87. The smallest absolute Gasteiger partial charge is 0.410 e. The second kappa shape index (κ2) is 10.8. The Morgan fingerprint density at radius 3 is 2.46 bits per heavy atom. The quantitative estimate of drug-likeness (QED) is 0.593. The molecular weight excluding hydrogens is 452 g/mol. The predicted molar refractivity (Wildman–Crippen MR) is 133 cm³/mol. The van der Waals surface area contributed by atoms with Gasteiger partial charge in [-0.05, 0) is 68.0 Å². The van der Waals surface area contributed by atoms with Crippen molar-refractivity contribution in [1.29, 1.82) is 0 Å². The molecule has 0 aromatic carbocycles. The number of nitrogens with two attached hydrogens (primary N) is 1. The number of rotatable bonds is 6. The van der Waals surface area contributed by atoms with Crippen LogP contribution in [-0.4, -0.2) is 95.5 Å². The maximum Gasteiger partial charge on any atom is 0.410 e. The molecule has 11 nitrogen and oxygen atoms in total. The van der Waals surface area contributed by atoms with E-state index in [4.69, 9.17) is 19.9 Å². The molecule has 35 heavy (non-hydrogen) atoms. The molecule has 196 valence electrons. The van der Waals surface area contributed by atoms with Gasteiger partial charge in [0.25, 0.3) is 0 Å². The van der Waals surface area contributed by atoms with Crippen LogP contribution in [0.1, 0.15) is 64.9 Å². The lowest BCUT2D eigenvalue weighted by Gasteiger charge is -2.45. The van der Waals surface area contributed by atoms with Gasteiger partial charge in [0, 0.05) is 31.2 Å². The van der Waals surface area contributed by atoms with Crippen molar-refractivity contribution >= 4 is 23.6 Å². The van der Waals surface area contributed by atoms with Crippen molar-refractivity contribution in [1.82, 2.24) is 19.8 Å². The lowest BCUT2D eigenvalue weighted by Crippen LogP contribution is -2.59. The molecule has 1 unspecified atom stereocenters. The fraction of sp³-hybridized carbons (Fsp3) is 0.750. The molecule has 0 radical (unpaired) electrons. The molecule has 0 aliphatic carbocycles. The summed E-state index contributed by atoms with van der Waals surface area (Å²) in [5.41, 5.74) is 5.95. The number of hydrogen-bond acceptors (Lipinski definition) is 10. The van der Waals surface area contributed by atoms with E-state index in [0.717, 1.165) is 19.4 Å². The average Bonchev–Trinajstić information content (AvgIpc) is 3.18. The van der Waals surface area contributed by atoms with Crippen molar-refractivity contribution in [3.63, 3.8) is 0 Å². The molecule has 2 fully saturated rings. The normalized spacial score (nSPS) is 23.3. The average molecular weight is 493 g/mol. The van der Waals surface area contributed by atoms with Crippen LogP contribution in [0.2, 0.25) is 0 Å². The third-order valence-corrected chi connectivity index (χ3v) is 6.34. The van der Waals surface area contributed by atoms with Gasteiger partial charge >= 0.3 is 18.1 Å². The summed E-state index contributed by atoms with van der Waals surface area (Å²) in [5.74, 6) is -0.217. The highest BCUT2D eigenvalue weighted by Gasteiger charge is 2.37. The molecule has 0 bridgehead atoms. The van der Waals surface area contributed by atoms with Gasteiger partial charge in [-0.15, -0.1) is 0 Å². The molecule has 11 heteroatoms. The van der Waals surface area contributed by atoms with Gasteiger partial charge in [0.15, 0.2) is 11.5 Å². The Hall–Kier alpha value is -2.82. The number of hydrogen-bond donors (Lipinski definition) is 1. The number of piperazine rings is 1. The number of nitrogens with zero attached hydrogens (tertiary/aromatic N) is 5. The van der Waals surface area contributed by atoms with Crippen LogP contribution in [0.15, 0.2) is 0 Å². The van der Waals surface area contributed by atoms with E-state index in [1.165, 1.54) is 0 Å². The van der Waals surface area contributed by atoms with Crippen molar-refractivity contribution in [3.05, 3.63) is 5.69 Å². The number of likely N-dealkylation sites (tertiary alicyclic amines) is 1. The minimum Gasteiger partial charge on any atom is -0.462 e. The lowest BCUT2D eigenvalue weighted by atomic mass is 10.1. The van der Waals surface area contributed by atoms with Gasteiger partial charge < -0.3 is 34.6 Å². The van der Waals surface area contributed by atoms with E-state index in [9.17, 15) is 9.59 Å². The summed E-state index contributed by atoms with van der Waals surface area (Å²) < 4.78 is 16.7. The van der Waals surface area contributed by atoms with Gasteiger partial charge in [-0.1, -0.05) is 0 Å². The monoisotopic (exact) mass is 492 g/mol. The van der Waals surface area contributed by atoms with Gasteiger partial charge in [0.05, 0.1) is 6.61 Å². The van der Waals surface area contributed by atoms with Gasteiger partial charge in [-0.25, -0.2) is 9.59 Å². The van der Waals surface area contributed by atoms with Crippen LogP contribution in [0.25, 0.3) is 0 Å². The summed E-state index contributed by atoms with van der Waals surface area (Å²) in [5, 5.41) is 0. The Morgan fingerprint density at radius 2 is 1.86 bits per heavy atom. The Kier molecular flexibility index (Phi) is 8.30. The molecule has 1 aromatic rings. The molecule has 2 N–H and O–H groups in total. The largest absolute Gasteiger partial charge is 0.462 e.